The number of hydrogen-bond donors (Lipinski definition) is 0. The molecule has 0 radical (unpaired) electrons. The molecule has 1 amide bonds. The predicted molar refractivity (Wildman–Crippen MR) is 96.8 cm³/mol. The van der Waals surface area contributed by atoms with Crippen LogP contribution in [0.3, 0.4) is 0 Å². The van der Waals surface area contributed by atoms with Crippen molar-refractivity contribution in [2.45, 2.75) is 46.1 Å². The second kappa shape index (κ2) is 7.40. The number of nitrogens with zero attached hydrogens (tertiary/aromatic N) is 3. The van der Waals surface area contributed by atoms with Crippen molar-refractivity contribution in [2.75, 3.05) is 33.3 Å². The van der Waals surface area contributed by atoms with Gasteiger partial charge in [0.05, 0.1) is 12.8 Å². The molecule has 0 N–H and O–H groups in total. The molecule has 6 heteroatoms. The average Bonchev–Trinajstić information content (AvgIpc) is 3.32. The number of rotatable bonds is 5. The van der Waals surface area contributed by atoms with Gasteiger partial charge in [-0.3, -0.25) is 9.69 Å². The number of amides is 1. The molecule has 1 saturated heterocycles. The highest BCUT2D eigenvalue weighted by molar-refractivity contribution is 7.15. The Hall–Kier alpha value is -1.14. The van der Waals surface area contributed by atoms with Crippen LogP contribution in [-0.4, -0.2) is 60.0 Å². The topological polar surface area (TPSA) is 45.7 Å². The van der Waals surface area contributed by atoms with Gasteiger partial charge in [-0.15, -0.1) is 0 Å². The van der Waals surface area contributed by atoms with Crippen molar-refractivity contribution in [3.05, 3.63) is 10.6 Å². The molecule has 134 valence electrons. The van der Waals surface area contributed by atoms with Crippen molar-refractivity contribution in [3.8, 4) is 5.19 Å². The lowest BCUT2D eigenvalue weighted by Gasteiger charge is -2.34. The van der Waals surface area contributed by atoms with Crippen molar-refractivity contribution >= 4 is 17.2 Å². The lowest BCUT2D eigenvalue weighted by Crippen LogP contribution is -2.46. The number of aryl methyl sites for hydroxylation is 1. The van der Waals surface area contributed by atoms with Gasteiger partial charge < -0.3 is 9.64 Å². The lowest BCUT2D eigenvalue weighted by molar-refractivity contribution is 0.0708. The molecule has 1 aromatic rings. The molecule has 1 aliphatic heterocycles. The third-order valence-electron chi connectivity index (χ3n) is 5.14. The van der Waals surface area contributed by atoms with Gasteiger partial charge >= 0.3 is 0 Å². The maximum absolute atomic E-state index is 13.0. The van der Waals surface area contributed by atoms with Gasteiger partial charge in [0.1, 0.15) is 4.88 Å². The highest BCUT2D eigenvalue weighted by Crippen LogP contribution is 2.32. The fourth-order valence-electron chi connectivity index (χ4n) is 3.54. The summed E-state index contributed by atoms with van der Waals surface area (Å²) in [6.07, 6.45) is 3.81. The van der Waals surface area contributed by atoms with E-state index in [1.54, 1.807) is 7.11 Å². The Labute approximate surface area is 149 Å². The first-order chi connectivity index (χ1) is 11.5. The Balaban J connectivity index is 1.74. The Kier molecular flexibility index (Phi) is 5.45. The quantitative estimate of drug-likeness (QED) is 0.818. The van der Waals surface area contributed by atoms with Crippen LogP contribution in [0.4, 0.5) is 0 Å². The molecule has 1 unspecified atom stereocenters. The molecule has 1 aromatic heterocycles. The summed E-state index contributed by atoms with van der Waals surface area (Å²) >= 11 is 1.36. The van der Waals surface area contributed by atoms with E-state index >= 15 is 0 Å². The van der Waals surface area contributed by atoms with E-state index < -0.39 is 0 Å². The van der Waals surface area contributed by atoms with Gasteiger partial charge in [-0.25, -0.2) is 4.98 Å². The van der Waals surface area contributed by atoms with Crippen molar-refractivity contribution in [1.29, 1.82) is 0 Å². The Morgan fingerprint density at radius 2 is 2.12 bits per heavy atom. The second-order valence-corrected chi connectivity index (χ2v) is 8.41. The van der Waals surface area contributed by atoms with Gasteiger partial charge in [-0.2, -0.15) is 0 Å². The number of aromatic nitrogens is 1. The number of carbonyl (C=O) groups excluding carboxylic acids is 1. The molecule has 3 rings (SSSR count). The average molecular weight is 352 g/mol. The van der Waals surface area contributed by atoms with Crippen molar-refractivity contribution in [3.63, 3.8) is 0 Å². The van der Waals surface area contributed by atoms with Crippen LogP contribution >= 0.6 is 11.3 Å². The summed E-state index contributed by atoms with van der Waals surface area (Å²) < 4.78 is 5.19. The Morgan fingerprint density at radius 3 is 2.71 bits per heavy atom. The summed E-state index contributed by atoms with van der Waals surface area (Å²) in [5, 5.41) is 0.571. The maximum Gasteiger partial charge on any atom is 0.273 e. The van der Waals surface area contributed by atoms with Crippen LogP contribution < -0.4 is 4.74 Å². The summed E-state index contributed by atoms with van der Waals surface area (Å²) in [6.45, 7) is 10.4. The molecule has 1 aliphatic carbocycles. The predicted octanol–water partition coefficient (Wildman–Crippen LogP) is 3.04. The van der Waals surface area contributed by atoms with Crippen LogP contribution in [0.15, 0.2) is 0 Å². The number of thiazole rings is 1. The van der Waals surface area contributed by atoms with E-state index in [2.05, 4.69) is 23.7 Å². The van der Waals surface area contributed by atoms with E-state index in [-0.39, 0.29) is 5.91 Å². The molecule has 2 aliphatic rings. The lowest BCUT2D eigenvalue weighted by atomic mass is 10.0. The molecule has 2 heterocycles. The molecule has 1 atom stereocenters. The zero-order chi connectivity index (χ0) is 17.3. The van der Waals surface area contributed by atoms with Crippen LogP contribution in [0.2, 0.25) is 0 Å². The van der Waals surface area contributed by atoms with Crippen molar-refractivity contribution in [1.82, 2.24) is 14.8 Å². The third kappa shape index (κ3) is 3.91. The monoisotopic (exact) mass is 351 g/mol. The summed E-state index contributed by atoms with van der Waals surface area (Å²) in [5.41, 5.74) is 0.780. The van der Waals surface area contributed by atoms with E-state index in [9.17, 15) is 4.79 Å². The van der Waals surface area contributed by atoms with Gasteiger partial charge in [-0.1, -0.05) is 25.2 Å². The van der Waals surface area contributed by atoms with Gasteiger partial charge in [0.2, 0.25) is 0 Å². The van der Waals surface area contributed by atoms with Crippen LogP contribution in [-0.2, 0) is 0 Å². The molecule has 0 bridgehead atoms. The normalized spacial score (nSPS) is 22.7. The van der Waals surface area contributed by atoms with Crippen molar-refractivity contribution in [2.24, 2.45) is 11.8 Å². The minimum absolute atomic E-state index is 0.118. The minimum Gasteiger partial charge on any atom is -0.473 e. The first kappa shape index (κ1) is 17.7. The highest BCUT2D eigenvalue weighted by Gasteiger charge is 2.34. The molecule has 5 nitrogen and oxygen atoms in total. The van der Waals surface area contributed by atoms with E-state index in [0.29, 0.717) is 17.2 Å². The smallest absolute Gasteiger partial charge is 0.273 e. The second-order valence-electron chi connectivity index (χ2n) is 7.45. The largest absolute Gasteiger partial charge is 0.473 e. The summed E-state index contributed by atoms with van der Waals surface area (Å²) in [5.74, 6) is 1.56. The SMILES string of the molecule is COc1nc(C)c(C(=O)N2CCCN(CC3CC3)C(C(C)C)C2)s1. The standard InChI is InChI=1S/C18H29N3O2S/c1-12(2)15-11-21(9-5-8-20(15)10-14-6-7-14)17(22)16-13(3)19-18(23-4)24-16/h12,14-15H,5-11H2,1-4H3. The highest BCUT2D eigenvalue weighted by atomic mass is 32.1. The molecule has 0 aromatic carbocycles. The van der Waals surface area contributed by atoms with Gasteiger partial charge in [0.15, 0.2) is 0 Å². The third-order valence-corrected chi connectivity index (χ3v) is 6.25. The summed E-state index contributed by atoms with van der Waals surface area (Å²) in [6, 6.07) is 0.451. The number of methoxy groups -OCH3 is 1. The van der Waals surface area contributed by atoms with Crippen LogP contribution in [0.1, 0.15) is 48.5 Å². The molecular weight excluding hydrogens is 322 g/mol. The van der Waals surface area contributed by atoms with Gasteiger partial charge in [-0.05, 0) is 38.0 Å². The molecular formula is C18H29N3O2S. The van der Waals surface area contributed by atoms with Crippen molar-refractivity contribution < 1.29 is 9.53 Å². The summed E-state index contributed by atoms with van der Waals surface area (Å²) in [4.78, 5) is 22.8. The molecule has 0 spiro atoms. The Morgan fingerprint density at radius 1 is 1.38 bits per heavy atom. The van der Waals surface area contributed by atoms with E-state index in [1.807, 2.05) is 11.8 Å². The number of hydrogen-bond acceptors (Lipinski definition) is 5. The Bertz CT molecular complexity index is 583. The zero-order valence-electron chi connectivity index (χ0n) is 15.2. The van der Waals surface area contributed by atoms with E-state index in [4.69, 9.17) is 4.74 Å². The fraction of sp³-hybridized carbons (Fsp3) is 0.778. The van der Waals surface area contributed by atoms with Gasteiger partial charge in [0.25, 0.3) is 11.1 Å². The number of carbonyl (C=O) groups is 1. The fourth-order valence-corrected chi connectivity index (χ4v) is 4.39. The van der Waals surface area contributed by atoms with Crippen LogP contribution in [0.25, 0.3) is 0 Å². The molecule has 2 fully saturated rings. The zero-order valence-corrected chi connectivity index (χ0v) is 16.1. The first-order valence-electron chi connectivity index (χ1n) is 9.04. The summed E-state index contributed by atoms with van der Waals surface area (Å²) in [7, 11) is 1.60. The van der Waals surface area contributed by atoms with Crippen LogP contribution in [0, 0.1) is 18.8 Å². The van der Waals surface area contributed by atoms with E-state index in [0.717, 1.165) is 42.5 Å². The first-order valence-corrected chi connectivity index (χ1v) is 9.86. The van der Waals surface area contributed by atoms with E-state index in [1.165, 1.54) is 30.7 Å². The number of ether oxygens (including phenoxy) is 1. The maximum atomic E-state index is 13.0. The van der Waals surface area contributed by atoms with Crippen LogP contribution in [0.5, 0.6) is 5.19 Å². The molecule has 24 heavy (non-hydrogen) atoms. The minimum atomic E-state index is 0.118. The molecule has 1 saturated carbocycles. The van der Waals surface area contributed by atoms with Gasteiger partial charge in [0, 0.05) is 32.2 Å².